The number of benzene rings is 1. The second-order valence-electron chi connectivity index (χ2n) is 6.67. The van der Waals surface area contributed by atoms with Crippen LogP contribution in [-0.2, 0) is 0 Å². The van der Waals surface area contributed by atoms with Crippen LogP contribution in [0, 0.1) is 5.41 Å². The van der Waals surface area contributed by atoms with Crippen molar-refractivity contribution in [3.8, 4) is 0 Å². The number of nitrogens with zero attached hydrogens (tertiary/aromatic N) is 1. The maximum absolute atomic E-state index is 3.65. The van der Waals surface area contributed by atoms with Gasteiger partial charge in [0.2, 0.25) is 0 Å². The number of rotatable bonds is 6. The van der Waals surface area contributed by atoms with Crippen molar-refractivity contribution in [2.75, 3.05) is 20.6 Å². The van der Waals surface area contributed by atoms with Gasteiger partial charge >= 0.3 is 0 Å². The highest BCUT2D eigenvalue weighted by Crippen LogP contribution is 2.27. The van der Waals surface area contributed by atoms with Crippen LogP contribution in [-0.4, -0.2) is 31.6 Å². The second kappa shape index (κ2) is 7.58. The number of nitrogens with one attached hydrogen (secondary N) is 1. The molecule has 0 aromatic heterocycles. The molecular formula is C17H29BrN2. The average molecular weight is 341 g/mol. The molecule has 3 heteroatoms. The Morgan fingerprint density at radius 3 is 2.35 bits per heavy atom. The van der Waals surface area contributed by atoms with E-state index in [0.717, 1.165) is 13.0 Å². The molecule has 1 aromatic carbocycles. The summed E-state index contributed by atoms with van der Waals surface area (Å²) in [6.07, 6.45) is 1.11. The van der Waals surface area contributed by atoms with Crippen LogP contribution < -0.4 is 5.32 Å². The SMILES string of the molecule is CNC(CCN(C)C(C)C(C)(C)C)c1ccccc1Br. The van der Waals surface area contributed by atoms with E-state index in [-0.39, 0.29) is 0 Å². The van der Waals surface area contributed by atoms with Crippen LogP contribution in [0.4, 0.5) is 0 Å². The Hall–Kier alpha value is -0.380. The minimum atomic E-state index is 0.317. The normalized spacial score (nSPS) is 15.4. The summed E-state index contributed by atoms with van der Waals surface area (Å²) >= 11 is 3.65. The van der Waals surface area contributed by atoms with E-state index in [9.17, 15) is 0 Å². The maximum Gasteiger partial charge on any atom is 0.0340 e. The standard InChI is InChI=1S/C17H29BrN2/c1-13(17(2,3)4)20(6)12-11-16(19-5)14-9-7-8-10-15(14)18/h7-10,13,16,19H,11-12H2,1-6H3. The first-order chi connectivity index (χ1) is 9.27. The van der Waals surface area contributed by atoms with E-state index >= 15 is 0 Å². The molecule has 0 bridgehead atoms. The summed E-state index contributed by atoms with van der Waals surface area (Å²) in [5.74, 6) is 0. The minimum absolute atomic E-state index is 0.317. The Morgan fingerprint density at radius 1 is 1.25 bits per heavy atom. The quantitative estimate of drug-likeness (QED) is 0.821. The Kier molecular flexibility index (Phi) is 6.70. The van der Waals surface area contributed by atoms with Crippen molar-refractivity contribution in [2.24, 2.45) is 5.41 Å². The number of hydrogen-bond acceptors (Lipinski definition) is 2. The van der Waals surface area contributed by atoms with Gasteiger partial charge in [0.15, 0.2) is 0 Å². The fourth-order valence-corrected chi connectivity index (χ4v) is 2.96. The van der Waals surface area contributed by atoms with Gasteiger partial charge in [0.1, 0.15) is 0 Å². The van der Waals surface area contributed by atoms with Crippen molar-refractivity contribution in [3.63, 3.8) is 0 Å². The highest BCUT2D eigenvalue weighted by Gasteiger charge is 2.24. The summed E-state index contributed by atoms with van der Waals surface area (Å²) in [6, 6.07) is 9.43. The highest BCUT2D eigenvalue weighted by atomic mass is 79.9. The summed E-state index contributed by atoms with van der Waals surface area (Å²) in [6.45, 7) is 10.3. The van der Waals surface area contributed by atoms with Gasteiger partial charge in [-0.3, -0.25) is 0 Å². The summed E-state index contributed by atoms with van der Waals surface area (Å²) in [7, 11) is 4.26. The molecule has 2 nitrogen and oxygen atoms in total. The molecular weight excluding hydrogens is 312 g/mol. The number of hydrogen-bond donors (Lipinski definition) is 1. The highest BCUT2D eigenvalue weighted by molar-refractivity contribution is 9.10. The predicted molar refractivity (Wildman–Crippen MR) is 92.1 cm³/mol. The van der Waals surface area contributed by atoms with Gasteiger partial charge < -0.3 is 10.2 Å². The first-order valence-corrected chi connectivity index (χ1v) is 8.18. The van der Waals surface area contributed by atoms with Crippen LogP contribution in [0.5, 0.6) is 0 Å². The van der Waals surface area contributed by atoms with E-state index in [0.29, 0.717) is 17.5 Å². The molecule has 1 rings (SSSR count). The predicted octanol–water partition coefficient (Wildman–Crippen LogP) is 4.47. The van der Waals surface area contributed by atoms with E-state index in [1.165, 1.54) is 10.0 Å². The molecule has 0 saturated heterocycles. The van der Waals surface area contributed by atoms with Crippen molar-refractivity contribution in [1.82, 2.24) is 10.2 Å². The summed E-state index contributed by atoms with van der Waals surface area (Å²) in [5, 5.41) is 3.44. The van der Waals surface area contributed by atoms with Gasteiger partial charge in [0.25, 0.3) is 0 Å². The maximum atomic E-state index is 3.65. The van der Waals surface area contributed by atoms with Crippen LogP contribution in [0.25, 0.3) is 0 Å². The molecule has 0 saturated carbocycles. The van der Waals surface area contributed by atoms with Crippen molar-refractivity contribution >= 4 is 15.9 Å². The summed E-state index contributed by atoms with van der Waals surface area (Å²) in [5.41, 5.74) is 1.66. The molecule has 20 heavy (non-hydrogen) atoms. The van der Waals surface area contributed by atoms with Gasteiger partial charge in [-0.05, 0) is 51.0 Å². The second-order valence-corrected chi connectivity index (χ2v) is 7.53. The largest absolute Gasteiger partial charge is 0.313 e. The zero-order valence-corrected chi connectivity index (χ0v) is 15.3. The Morgan fingerprint density at radius 2 is 1.85 bits per heavy atom. The fourth-order valence-electron chi connectivity index (χ4n) is 2.40. The lowest BCUT2D eigenvalue weighted by Gasteiger charge is -2.36. The first kappa shape index (κ1) is 17.7. The van der Waals surface area contributed by atoms with Crippen LogP contribution in [0.2, 0.25) is 0 Å². The van der Waals surface area contributed by atoms with Crippen molar-refractivity contribution in [3.05, 3.63) is 34.3 Å². The summed E-state index contributed by atoms with van der Waals surface area (Å²) < 4.78 is 1.19. The van der Waals surface area contributed by atoms with Crippen LogP contribution in [0.3, 0.4) is 0 Å². The fraction of sp³-hybridized carbons (Fsp3) is 0.647. The van der Waals surface area contributed by atoms with Gasteiger partial charge in [-0.25, -0.2) is 0 Å². The van der Waals surface area contributed by atoms with Crippen molar-refractivity contribution in [1.29, 1.82) is 0 Å². The molecule has 114 valence electrons. The zero-order valence-electron chi connectivity index (χ0n) is 13.7. The third-order valence-electron chi connectivity index (χ3n) is 4.31. The van der Waals surface area contributed by atoms with Crippen molar-refractivity contribution < 1.29 is 0 Å². The third kappa shape index (κ3) is 4.87. The Bertz CT molecular complexity index is 412. The van der Waals surface area contributed by atoms with E-state index in [2.05, 4.69) is 85.2 Å². The third-order valence-corrected chi connectivity index (χ3v) is 5.04. The van der Waals surface area contributed by atoms with E-state index in [4.69, 9.17) is 0 Å². The smallest absolute Gasteiger partial charge is 0.0340 e. The van der Waals surface area contributed by atoms with E-state index in [1.54, 1.807) is 0 Å². The zero-order chi connectivity index (χ0) is 15.3. The van der Waals surface area contributed by atoms with Crippen LogP contribution in [0.1, 0.15) is 45.7 Å². The first-order valence-electron chi connectivity index (χ1n) is 7.39. The molecule has 1 aromatic rings. The van der Waals surface area contributed by atoms with Crippen LogP contribution >= 0.6 is 15.9 Å². The average Bonchev–Trinajstić information content (AvgIpc) is 2.39. The molecule has 0 spiro atoms. The van der Waals surface area contributed by atoms with Gasteiger partial charge in [-0.1, -0.05) is 54.9 Å². The lowest BCUT2D eigenvalue weighted by molar-refractivity contribution is 0.136. The monoisotopic (exact) mass is 340 g/mol. The topological polar surface area (TPSA) is 15.3 Å². The van der Waals surface area contributed by atoms with Crippen molar-refractivity contribution in [2.45, 2.75) is 46.2 Å². The van der Waals surface area contributed by atoms with Gasteiger partial charge in [0, 0.05) is 16.6 Å². The molecule has 0 aliphatic rings. The Labute approximate surface area is 133 Å². The molecule has 0 heterocycles. The van der Waals surface area contributed by atoms with Crippen LogP contribution in [0.15, 0.2) is 28.7 Å². The summed E-state index contributed by atoms with van der Waals surface area (Å²) in [4.78, 5) is 2.46. The van der Waals surface area contributed by atoms with E-state index in [1.807, 2.05) is 7.05 Å². The molecule has 0 aliphatic heterocycles. The molecule has 1 N–H and O–H groups in total. The Balaban J connectivity index is 2.65. The minimum Gasteiger partial charge on any atom is -0.313 e. The van der Waals surface area contributed by atoms with Gasteiger partial charge in [-0.2, -0.15) is 0 Å². The van der Waals surface area contributed by atoms with Gasteiger partial charge in [0.05, 0.1) is 0 Å². The lowest BCUT2D eigenvalue weighted by Crippen LogP contribution is -2.40. The van der Waals surface area contributed by atoms with E-state index < -0.39 is 0 Å². The lowest BCUT2D eigenvalue weighted by atomic mass is 9.87. The molecule has 0 radical (unpaired) electrons. The molecule has 2 unspecified atom stereocenters. The molecule has 0 fully saturated rings. The number of halogens is 1. The molecule has 0 amide bonds. The molecule has 2 atom stereocenters. The molecule has 0 aliphatic carbocycles. The van der Waals surface area contributed by atoms with Gasteiger partial charge in [-0.15, -0.1) is 0 Å².